The van der Waals surface area contributed by atoms with Crippen molar-refractivity contribution < 1.29 is 9.53 Å². The highest BCUT2D eigenvalue weighted by Crippen LogP contribution is 2.35. The van der Waals surface area contributed by atoms with E-state index in [1.54, 1.807) is 0 Å². The largest absolute Gasteiger partial charge is 0.448 e. The van der Waals surface area contributed by atoms with E-state index in [4.69, 9.17) is 5.73 Å². The number of nitrogens with one attached hydrogen (secondary N) is 1. The van der Waals surface area contributed by atoms with Gasteiger partial charge in [0.15, 0.2) is 0 Å². The number of carbonyl (C=O) groups is 1. The molecule has 0 spiro atoms. The van der Waals surface area contributed by atoms with Crippen molar-refractivity contribution in [3.8, 4) is 0 Å². The van der Waals surface area contributed by atoms with Crippen molar-refractivity contribution in [1.82, 2.24) is 14.9 Å². The number of nitrogens with two attached hydrogens (primary N) is 1. The third-order valence-electron chi connectivity index (χ3n) is 2.52. The van der Waals surface area contributed by atoms with Gasteiger partial charge in [-0.15, -0.1) is 0 Å². The molecule has 0 unspecified atom stereocenters. The first-order valence-corrected chi connectivity index (χ1v) is 5.41. The summed E-state index contributed by atoms with van der Waals surface area (Å²) in [7, 11) is 0. The standard InChI is InChI=1S/C10H16N4O2/c11-10(15)16-4-3-12-5-9-6-13-7-14(9)8-1-2-8/h6-8,12H,1-5H2,(H2,11,15). The summed E-state index contributed by atoms with van der Waals surface area (Å²) >= 11 is 0. The highest BCUT2D eigenvalue weighted by atomic mass is 16.5. The number of ether oxygens (including phenoxy) is 1. The van der Waals surface area contributed by atoms with Gasteiger partial charge in [0.25, 0.3) is 0 Å². The predicted octanol–water partition coefficient (Wildman–Crippen LogP) is 0.403. The van der Waals surface area contributed by atoms with Gasteiger partial charge in [0, 0.05) is 25.3 Å². The van der Waals surface area contributed by atoms with E-state index in [0.717, 1.165) is 6.54 Å². The van der Waals surface area contributed by atoms with E-state index in [9.17, 15) is 4.79 Å². The van der Waals surface area contributed by atoms with Gasteiger partial charge in [-0.25, -0.2) is 9.78 Å². The minimum absolute atomic E-state index is 0.299. The minimum atomic E-state index is -0.732. The molecule has 0 bridgehead atoms. The molecular formula is C10H16N4O2. The summed E-state index contributed by atoms with van der Waals surface area (Å²) in [6, 6.07) is 0.640. The van der Waals surface area contributed by atoms with Crippen molar-refractivity contribution in [3.63, 3.8) is 0 Å². The fraction of sp³-hybridized carbons (Fsp3) is 0.600. The fourth-order valence-electron chi connectivity index (χ4n) is 1.59. The Balaban J connectivity index is 1.68. The number of primary amides is 1. The number of amides is 1. The number of aromatic nitrogens is 2. The second-order valence-corrected chi connectivity index (χ2v) is 3.87. The third-order valence-corrected chi connectivity index (χ3v) is 2.52. The van der Waals surface area contributed by atoms with E-state index >= 15 is 0 Å². The molecule has 0 aliphatic heterocycles. The lowest BCUT2D eigenvalue weighted by Gasteiger charge is -2.07. The lowest BCUT2D eigenvalue weighted by Crippen LogP contribution is -2.24. The van der Waals surface area contributed by atoms with E-state index < -0.39 is 6.09 Å². The molecule has 0 atom stereocenters. The first-order valence-electron chi connectivity index (χ1n) is 5.41. The van der Waals surface area contributed by atoms with Gasteiger partial charge in [-0.2, -0.15) is 0 Å². The first-order chi connectivity index (χ1) is 7.77. The molecule has 0 aromatic carbocycles. The Morgan fingerprint density at radius 2 is 2.50 bits per heavy atom. The lowest BCUT2D eigenvalue weighted by molar-refractivity contribution is 0.157. The Bertz CT molecular complexity index is 359. The van der Waals surface area contributed by atoms with Crippen molar-refractivity contribution in [2.24, 2.45) is 5.73 Å². The maximum absolute atomic E-state index is 10.3. The molecule has 88 valence electrons. The lowest BCUT2D eigenvalue weighted by atomic mass is 10.4. The fourth-order valence-corrected chi connectivity index (χ4v) is 1.59. The molecule has 1 amide bonds. The van der Waals surface area contributed by atoms with Gasteiger partial charge < -0.3 is 20.4 Å². The molecule has 1 aliphatic rings. The normalized spacial score (nSPS) is 15.0. The number of hydrogen-bond acceptors (Lipinski definition) is 4. The van der Waals surface area contributed by atoms with Gasteiger partial charge in [-0.1, -0.05) is 0 Å². The van der Waals surface area contributed by atoms with E-state index in [0.29, 0.717) is 19.2 Å². The summed E-state index contributed by atoms with van der Waals surface area (Å²) in [4.78, 5) is 14.4. The van der Waals surface area contributed by atoms with Crippen LogP contribution >= 0.6 is 0 Å². The van der Waals surface area contributed by atoms with Gasteiger partial charge in [0.05, 0.1) is 12.0 Å². The highest BCUT2D eigenvalue weighted by molar-refractivity contribution is 5.64. The summed E-state index contributed by atoms with van der Waals surface area (Å²) in [6.07, 6.45) is 5.49. The SMILES string of the molecule is NC(=O)OCCNCc1cncn1C1CC1. The molecular weight excluding hydrogens is 208 g/mol. The topological polar surface area (TPSA) is 82.2 Å². The molecule has 1 aliphatic carbocycles. The molecule has 1 aromatic heterocycles. The minimum Gasteiger partial charge on any atom is -0.448 e. The molecule has 2 rings (SSSR count). The van der Waals surface area contributed by atoms with Crippen LogP contribution in [0.2, 0.25) is 0 Å². The molecule has 0 saturated heterocycles. The zero-order chi connectivity index (χ0) is 11.4. The Kier molecular flexibility index (Phi) is 3.40. The monoisotopic (exact) mass is 224 g/mol. The maximum Gasteiger partial charge on any atom is 0.404 e. The summed E-state index contributed by atoms with van der Waals surface area (Å²) in [5.41, 5.74) is 6.01. The van der Waals surface area contributed by atoms with Crippen molar-refractivity contribution in [1.29, 1.82) is 0 Å². The van der Waals surface area contributed by atoms with E-state index in [1.165, 1.54) is 18.5 Å². The van der Waals surface area contributed by atoms with Crippen molar-refractivity contribution in [3.05, 3.63) is 18.2 Å². The van der Waals surface area contributed by atoms with Crippen molar-refractivity contribution >= 4 is 6.09 Å². The summed E-state index contributed by atoms with van der Waals surface area (Å²) in [5, 5.41) is 3.17. The second kappa shape index (κ2) is 4.98. The van der Waals surface area contributed by atoms with Gasteiger partial charge in [-0.05, 0) is 12.8 Å². The molecule has 6 heteroatoms. The number of hydrogen-bond donors (Lipinski definition) is 2. The molecule has 1 aromatic rings. The zero-order valence-corrected chi connectivity index (χ0v) is 9.06. The number of nitrogens with zero attached hydrogens (tertiary/aromatic N) is 2. The summed E-state index contributed by atoms with van der Waals surface area (Å²) < 4.78 is 6.80. The predicted molar refractivity (Wildman–Crippen MR) is 57.7 cm³/mol. The van der Waals surface area contributed by atoms with E-state index in [2.05, 4.69) is 19.6 Å². The van der Waals surface area contributed by atoms with Crippen LogP contribution in [-0.2, 0) is 11.3 Å². The van der Waals surface area contributed by atoms with Gasteiger partial charge in [-0.3, -0.25) is 0 Å². The van der Waals surface area contributed by atoms with Crippen LogP contribution in [0.15, 0.2) is 12.5 Å². The molecule has 1 fully saturated rings. The average molecular weight is 224 g/mol. The van der Waals surface area contributed by atoms with E-state index in [-0.39, 0.29) is 0 Å². The molecule has 0 radical (unpaired) electrons. The highest BCUT2D eigenvalue weighted by Gasteiger charge is 2.24. The Morgan fingerprint density at radius 1 is 1.69 bits per heavy atom. The van der Waals surface area contributed by atoms with Crippen LogP contribution in [0.4, 0.5) is 4.79 Å². The quantitative estimate of drug-likeness (QED) is 0.685. The molecule has 1 heterocycles. The maximum atomic E-state index is 10.3. The summed E-state index contributed by atoms with van der Waals surface area (Å²) in [6.45, 7) is 1.63. The van der Waals surface area contributed by atoms with Crippen LogP contribution in [0.1, 0.15) is 24.6 Å². The van der Waals surface area contributed by atoms with Crippen LogP contribution < -0.4 is 11.1 Å². The first kappa shape index (κ1) is 10.9. The van der Waals surface area contributed by atoms with Crippen LogP contribution in [0.3, 0.4) is 0 Å². The van der Waals surface area contributed by atoms with E-state index in [1.807, 2.05) is 12.5 Å². The number of rotatable bonds is 6. The van der Waals surface area contributed by atoms with Gasteiger partial charge in [0.1, 0.15) is 6.61 Å². The third kappa shape index (κ3) is 2.96. The van der Waals surface area contributed by atoms with Crippen LogP contribution in [0.25, 0.3) is 0 Å². The van der Waals surface area contributed by atoms with Crippen molar-refractivity contribution in [2.45, 2.75) is 25.4 Å². The second-order valence-electron chi connectivity index (χ2n) is 3.87. The Hall–Kier alpha value is -1.56. The Labute approximate surface area is 93.8 Å². The van der Waals surface area contributed by atoms with Crippen LogP contribution in [0.5, 0.6) is 0 Å². The van der Waals surface area contributed by atoms with Gasteiger partial charge in [0.2, 0.25) is 0 Å². The van der Waals surface area contributed by atoms with Gasteiger partial charge >= 0.3 is 6.09 Å². The zero-order valence-electron chi connectivity index (χ0n) is 9.06. The van der Waals surface area contributed by atoms with Crippen LogP contribution in [0, 0.1) is 0 Å². The number of imidazole rings is 1. The molecule has 6 nitrogen and oxygen atoms in total. The van der Waals surface area contributed by atoms with Crippen LogP contribution in [-0.4, -0.2) is 28.8 Å². The molecule has 16 heavy (non-hydrogen) atoms. The smallest absolute Gasteiger partial charge is 0.404 e. The van der Waals surface area contributed by atoms with Crippen molar-refractivity contribution in [2.75, 3.05) is 13.2 Å². The molecule has 1 saturated carbocycles. The molecule has 3 N–H and O–H groups in total. The average Bonchev–Trinajstić information content (AvgIpc) is 2.98. The Morgan fingerprint density at radius 3 is 3.19 bits per heavy atom. The summed E-state index contributed by atoms with van der Waals surface area (Å²) in [5.74, 6) is 0. The number of carbonyl (C=O) groups excluding carboxylic acids is 1.